The summed E-state index contributed by atoms with van der Waals surface area (Å²) in [5.74, 6) is -0.0533. The second kappa shape index (κ2) is 4.86. The number of amides is 2. The number of benzene rings is 1. The van der Waals surface area contributed by atoms with E-state index in [2.05, 4.69) is 17.4 Å². The van der Waals surface area contributed by atoms with E-state index in [1.807, 2.05) is 11.0 Å². The summed E-state index contributed by atoms with van der Waals surface area (Å²) in [5, 5.41) is 3.00. The molecule has 1 unspecified atom stereocenters. The van der Waals surface area contributed by atoms with E-state index in [0.717, 1.165) is 31.4 Å². The number of carbonyl (C=O) groups is 2. The zero-order valence-electron chi connectivity index (χ0n) is 12.1. The smallest absolute Gasteiger partial charge is 0.229 e. The molecule has 1 saturated carbocycles. The van der Waals surface area contributed by atoms with Crippen LogP contribution in [0.15, 0.2) is 18.2 Å². The van der Waals surface area contributed by atoms with E-state index >= 15 is 0 Å². The zero-order valence-corrected chi connectivity index (χ0v) is 12.1. The molecule has 2 amide bonds. The van der Waals surface area contributed by atoms with Crippen molar-refractivity contribution in [3.05, 3.63) is 29.3 Å². The van der Waals surface area contributed by atoms with Crippen LogP contribution in [0.5, 0.6) is 0 Å². The Bertz CT molecular complexity index is 607. The predicted molar refractivity (Wildman–Crippen MR) is 79.9 cm³/mol. The summed E-state index contributed by atoms with van der Waals surface area (Å²) >= 11 is 0. The number of nitrogens with one attached hydrogen (secondary N) is 1. The van der Waals surface area contributed by atoms with Crippen LogP contribution in [0.2, 0.25) is 0 Å². The molecule has 0 radical (unpaired) electrons. The Kier molecular flexibility index (Phi) is 2.98. The molecule has 1 aliphatic heterocycles. The van der Waals surface area contributed by atoms with Crippen molar-refractivity contribution in [3.8, 4) is 0 Å². The van der Waals surface area contributed by atoms with Gasteiger partial charge in [0.25, 0.3) is 0 Å². The molecule has 1 N–H and O–H groups in total. The Morgan fingerprint density at radius 1 is 1.19 bits per heavy atom. The molecule has 110 valence electrons. The lowest BCUT2D eigenvalue weighted by Crippen LogP contribution is -2.29. The van der Waals surface area contributed by atoms with E-state index in [9.17, 15) is 9.59 Å². The van der Waals surface area contributed by atoms with Gasteiger partial charge in [-0.3, -0.25) is 9.59 Å². The van der Waals surface area contributed by atoms with E-state index < -0.39 is 0 Å². The van der Waals surface area contributed by atoms with Crippen LogP contribution in [0.25, 0.3) is 0 Å². The van der Waals surface area contributed by atoms with E-state index in [1.165, 1.54) is 17.5 Å². The molecule has 4 heteroatoms. The van der Waals surface area contributed by atoms with Gasteiger partial charge in [-0.15, -0.1) is 0 Å². The second-order valence-corrected chi connectivity index (χ2v) is 6.50. The van der Waals surface area contributed by atoms with E-state index in [4.69, 9.17) is 0 Å². The SMILES string of the molecule is O=C(Nc1ccc2c(c1)CCC2)C1CC(=O)N(C2CC2)C1. The number of rotatable bonds is 3. The maximum absolute atomic E-state index is 12.4. The van der Waals surface area contributed by atoms with Crippen molar-refractivity contribution in [2.24, 2.45) is 5.92 Å². The van der Waals surface area contributed by atoms with Gasteiger partial charge in [-0.2, -0.15) is 0 Å². The van der Waals surface area contributed by atoms with Crippen LogP contribution in [0, 0.1) is 5.92 Å². The van der Waals surface area contributed by atoms with Crippen LogP contribution in [-0.2, 0) is 22.4 Å². The number of aryl methyl sites for hydroxylation is 2. The molecule has 1 saturated heterocycles. The van der Waals surface area contributed by atoms with Gasteiger partial charge in [0.05, 0.1) is 5.92 Å². The minimum absolute atomic E-state index is 0.00977. The van der Waals surface area contributed by atoms with Gasteiger partial charge in [-0.1, -0.05) is 6.07 Å². The molecule has 1 aromatic rings. The third-order valence-corrected chi connectivity index (χ3v) is 4.88. The highest BCUT2D eigenvalue weighted by molar-refractivity contribution is 5.97. The largest absolute Gasteiger partial charge is 0.339 e. The molecule has 2 aliphatic carbocycles. The number of fused-ring (bicyclic) bond motifs is 1. The van der Waals surface area contributed by atoms with Crippen LogP contribution < -0.4 is 5.32 Å². The fourth-order valence-corrected chi connectivity index (χ4v) is 3.54. The molecule has 0 spiro atoms. The number of anilines is 1. The molecule has 1 aromatic carbocycles. The van der Waals surface area contributed by atoms with Crippen LogP contribution in [-0.4, -0.2) is 29.3 Å². The summed E-state index contributed by atoms with van der Waals surface area (Å²) in [6.45, 7) is 0.597. The molecule has 4 rings (SSSR count). The van der Waals surface area contributed by atoms with Gasteiger partial charge in [-0.25, -0.2) is 0 Å². The third-order valence-electron chi connectivity index (χ3n) is 4.88. The Morgan fingerprint density at radius 3 is 2.81 bits per heavy atom. The summed E-state index contributed by atoms with van der Waals surface area (Å²) in [7, 11) is 0. The van der Waals surface area contributed by atoms with Gasteiger partial charge in [0.1, 0.15) is 0 Å². The summed E-state index contributed by atoms with van der Waals surface area (Å²) in [6, 6.07) is 6.61. The lowest BCUT2D eigenvalue weighted by Gasteiger charge is -2.15. The van der Waals surface area contributed by atoms with E-state index in [1.54, 1.807) is 0 Å². The maximum atomic E-state index is 12.4. The minimum Gasteiger partial charge on any atom is -0.339 e. The average Bonchev–Trinajstić information content (AvgIpc) is 3.07. The molecule has 2 fully saturated rings. The fourth-order valence-electron chi connectivity index (χ4n) is 3.54. The van der Waals surface area contributed by atoms with Crippen molar-refractivity contribution in [2.45, 2.75) is 44.6 Å². The first-order chi connectivity index (χ1) is 10.2. The molecular weight excluding hydrogens is 264 g/mol. The molecule has 4 nitrogen and oxygen atoms in total. The van der Waals surface area contributed by atoms with Gasteiger partial charge in [0.15, 0.2) is 0 Å². The lowest BCUT2D eigenvalue weighted by molar-refractivity contribution is -0.128. The first-order valence-corrected chi connectivity index (χ1v) is 7.93. The fraction of sp³-hybridized carbons (Fsp3) is 0.529. The standard InChI is InChI=1S/C17H20N2O2/c20-16-9-13(10-19(16)15-6-7-15)17(21)18-14-5-4-11-2-1-3-12(11)8-14/h4-5,8,13,15H,1-3,6-7,9-10H2,(H,18,21). The topological polar surface area (TPSA) is 49.4 Å². The van der Waals surface area contributed by atoms with Gasteiger partial charge >= 0.3 is 0 Å². The lowest BCUT2D eigenvalue weighted by atomic mass is 10.1. The molecule has 0 bridgehead atoms. The number of carbonyl (C=O) groups excluding carboxylic acids is 2. The monoisotopic (exact) mass is 284 g/mol. The quantitative estimate of drug-likeness (QED) is 0.924. The van der Waals surface area contributed by atoms with Crippen LogP contribution >= 0.6 is 0 Å². The van der Waals surface area contributed by atoms with Crippen molar-refractivity contribution in [1.82, 2.24) is 4.90 Å². The van der Waals surface area contributed by atoms with Crippen molar-refractivity contribution >= 4 is 17.5 Å². The minimum atomic E-state index is -0.189. The normalized spacial score (nSPS) is 24.3. The molecular formula is C17H20N2O2. The van der Waals surface area contributed by atoms with Crippen molar-refractivity contribution in [2.75, 3.05) is 11.9 Å². The Morgan fingerprint density at radius 2 is 2.00 bits per heavy atom. The molecule has 1 heterocycles. The first kappa shape index (κ1) is 12.9. The molecule has 1 atom stereocenters. The highest BCUT2D eigenvalue weighted by Crippen LogP contribution is 2.33. The van der Waals surface area contributed by atoms with Crippen LogP contribution in [0.4, 0.5) is 5.69 Å². The van der Waals surface area contributed by atoms with Gasteiger partial charge < -0.3 is 10.2 Å². The number of hydrogen-bond acceptors (Lipinski definition) is 2. The van der Waals surface area contributed by atoms with E-state index in [-0.39, 0.29) is 17.7 Å². The molecule has 0 aromatic heterocycles. The van der Waals surface area contributed by atoms with Crippen molar-refractivity contribution < 1.29 is 9.59 Å². The third kappa shape index (κ3) is 2.43. The second-order valence-electron chi connectivity index (χ2n) is 6.50. The predicted octanol–water partition coefficient (Wildman–Crippen LogP) is 2.12. The van der Waals surface area contributed by atoms with Crippen molar-refractivity contribution in [1.29, 1.82) is 0 Å². The van der Waals surface area contributed by atoms with Gasteiger partial charge in [0, 0.05) is 24.7 Å². The zero-order chi connectivity index (χ0) is 14.4. The summed E-state index contributed by atoms with van der Waals surface area (Å²) in [4.78, 5) is 26.2. The Hall–Kier alpha value is -1.84. The van der Waals surface area contributed by atoms with Crippen LogP contribution in [0.3, 0.4) is 0 Å². The van der Waals surface area contributed by atoms with Gasteiger partial charge in [0.2, 0.25) is 11.8 Å². The molecule has 3 aliphatic rings. The first-order valence-electron chi connectivity index (χ1n) is 7.93. The highest BCUT2D eigenvalue weighted by Gasteiger charge is 2.41. The van der Waals surface area contributed by atoms with Gasteiger partial charge in [-0.05, 0) is 55.4 Å². The Labute approximate surface area is 124 Å². The summed E-state index contributed by atoms with van der Waals surface area (Å²) < 4.78 is 0. The maximum Gasteiger partial charge on any atom is 0.229 e. The summed E-state index contributed by atoms with van der Waals surface area (Å²) in [5.41, 5.74) is 3.64. The van der Waals surface area contributed by atoms with Crippen LogP contribution in [0.1, 0.15) is 36.8 Å². The highest BCUT2D eigenvalue weighted by atomic mass is 16.2. The Balaban J connectivity index is 1.43. The number of likely N-dealkylation sites (tertiary alicyclic amines) is 1. The number of hydrogen-bond donors (Lipinski definition) is 1. The van der Waals surface area contributed by atoms with Crippen molar-refractivity contribution in [3.63, 3.8) is 0 Å². The summed E-state index contributed by atoms with van der Waals surface area (Å²) in [6.07, 6.45) is 6.04. The molecule has 21 heavy (non-hydrogen) atoms. The number of nitrogens with zero attached hydrogens (tertiary/aromatic N) is 1. The average molecular weight is 284 g/mol. The van der Waals surface area contributed by atoms with E-state index in [0.29, 0.717) is 19.0 Å².